The molecule has 0 aliphatic carbocycles. The van der Waals surface area contributed by atoms with Gasteiger partial charge in [-0.1, -0.05) is 25.4 Å². The lowest BCUT2D eigenvalue weighted by atomic mass is 10.2. The maximum Gasteiger partial charge on any atom is 0.248 e. The van der Waals surface area contributed by atoms with Crippen LogP contribution in [0.5, 0.6) is 17.2 Å². The summed E-state index contributed by atoms with van der Waals surface area (Å²) in [5.74, 6) is 0.733. The Morgan fingerprint density at radius 1 is 1.06 bits per heavy atom. The van der Waals surface area contributed by atoms with Crippen molar-refractivity contribution >= 4 is 39.3 Å². The predicted octanol–water partition coefficient (Wildman–Crippen LogP) is 4.44. The number of carbonyl (C=O) groups is 1. The minimum Gasteiger partial charge on any atom is -0.495 e. The molecule has 0 saturated carbocycles. The quantitative estimate of drug-likeness (QED) is 0.462. The van der Waals surface area contributed by atoms with E-state index in [0.29, 0.717) is 47.5 Å². The molecule has 0 fully saturated rings. The molecule has 33 heavy (non-hydrogen) atoms. The smallest absolute Gasteiger partial charge is 0.248 e. The molecule has 0 aliphatic rings. The average molecular weight is 497 g/mol. The molecular weight excluding hydrogens is 468 g/mol. The van der Waals surface area contributed by atoms with Crippen molar-refractivity contribution in [2.45, 2.75) is 25.7 Å². The Morgan fingerprint density at radius 3 is 2.33 bits per heavy atom. The van der Waals surface area contributed by atoms with E-state index in [1.54, 1.807) is 32.1 Å². The lowest BCUT2D eigenvalue weighted by Crippen LogP contribution is -2.30. The summed E-state index contributed by atoms with van der Waals surface area (Å²) < 4.78 is 43.1. The van der Waals surface area contributed by atoms with Gasteiger partial charge >= 0.3 is 0 Å². The number of ether oxygens (including phenoxy) is 3. The van der Waals surface area contributed by atoms with E-state index < -0.39 is 15.9 Å². The topological polar surface area (TPSA) is 94.2 Å². The van der Waals surface area contributed by atoms with Crippen molar-refractivity contribution in [2.75, 3.05) is 39.2 Å². The molecule has 0 heterocycles. The Balaban J connectivity index is 2.31. The van der Waals surface area contributed by atoms with Crippen LogP contribution in [0.2, 0.25) is 5.02 Å². The first-order chi connectivity index (χ1) is 15.7. The molecule has 0 saturated heterocycles. The zero-order chi connectivity index (χ0) is 24.6. The van der Waals surface area contributed by atoms with Gasteiger partial charge in [-0.2, -0.15) is 4.31 Å². The third-order valence-corrected chi connectivity index (χ3v) is 7.06. The Kier molecular flexibility index (Phi) is 9.57. The molecule has 2 rings (SSSR count). The molecule has 0 spiro atoms. The van der Waals surface area contributed by atoms with Crippen molar-refractivity contribution in [3.63, 3.8) is 0 Å². The van der Waals surface area contributed by atoms with Crippen molar-refractivity contribution in [1.29, 1.82) is 0 Å². The number of sulfonamides is 1. The summed E-state index contributed by atoms with van der Waals surface area (Å²) in [4.78, 5) is 12.6. The van der Waals surface area contributed by atoms with Crippen LogP contribution in [0.1, 0.15) is 26.3 Å². The number of nitrogens with one attached hydrogen (secondary N) is 1. The van der Waals surface area contributed by atoms with Crippen LogP contribution in [0.15, 0.2) is 41.3 Å². The summed E-state index contributed by atoms with van der Waals surface area (Å²) in [6.45, 7) is 6.46. The molecule has 2 aromatic carbocycles. The van der Waals surface area contributed by atoms with Gasteiger partial charge in [-0.3, -0.25) is 4.79 Å². The van der Waals surface area contributed by atoms with E-state index >= 15 is 0 Å². The molecule has 180 valence electrons. The van der Waals surface area contributed by atoms with E-state index in [1.165, 1.54) is 42.8 Å². The minimum atomic E-state index is -3.69. The van der Waals surface area contributed by atoms with E-state index in [1.807, 2.05) is 6.92 Å². The van der Waals surface area contributed by atoms with E-state index in [9.17, 15) is 13.2 Å². The lowest BCUT2D eigenvalue weighted by Gasteiger charge is -2.19. The first-order valence-corrected chi connectivity index (χ1v) is 12.2. The van der Waals surface area contributed by atoms with Crippen LogP contribution in [0.4, 0.5) is 5.69 Å². The summed E-state index contributed by atoms with van der Waals surface area (Å²) in [7, 11) is -0.760. The second kappa shape index (κ2) is 11.9. The van der Waals surface area contributed by atoms with Gasteiger partial charge in [0.25, 0.3) is 0 Å². The number of rotatable bonds is 11. The van der Waals surface area contributed by atoms with Gasteiger partial charge in [-0.15, -0.1) is 0 Å². The van der Waals surface area contributed by atoms with Gasteiger partial charge < -0.3 is 19.5 Å². The fourth-order valence-corrected chi connectivity index (χ4v) is 4.93. The zero-order valence-corrected chi connectivity index (χ0v) is 20.9. The average Bonchev–Trinajstić information content (AvgIpc) is 2.78. The van der Waals surface area contributed by atoms with E-state index in [2.05, 4.69) is 5.32 Å². The Bertz CT molecular complexity index is 1110. The highest BCUT2D eigenvalue weighted by atomic mass is 35.5. The number of methoxy groups -OCH3 is 2. The zero-order valence-electron chi connectivity index (χ0n) is 19.3. The maximum absolute atomic E-state index is 12.8. The van der Waals surface area contributed by atoms with Gasteiger partial charge in [0.15, 0.2) is 11.5 Å². The molecule has 0 bridgehead atoms. The van der Waals surface area contributed by atoms with Crippen LogP contribution in [0.25, 0.3) is 6.08 Å². The number of halogens is 1. The first kappa shape index (κ1) is 26.5. The van der Waals surface area contributed by atoms with Gasteiger partial charge in [0.05, 0.1) is 36.4 Å². The summed E-state index contributed by atoms with van der Waals surface area (Å²) in [6, 6.07) is 7.69. The fraction of sp³-hybridized carbons (Fsp3) is 0.348. The SMILES string of the molecule is CCOc1cc(/C=C/C(=O)Nc2cc(S(=O)(=O)N(CC)CC)ccc2OC)cc(Cl)c1OC. The molecule has 0 aromatic heterocycles. The van der Waals surface area contributed by atoms with Crippen LogP contribution in [-0.4, -0.2) is 52.5 Å². The molecule has 1 N–H and O–H groups in total. The van der Waals surface area contributed by atoms with Crippen molar-refractivity contribution in [1.82, 2.24) is 4.31 Å². The summed E-state index contributed by atoms with van der Waals surface area (Å²) in [6.07, 6.45) is 2.87. The molecule has 8 nitrogen and oxygen atoms in total. The summed E-state index contributed by atoms with van der Waals surface area (Å²) in [5.41, 5.74) is 0.868. The lowest BCUT2D eigenvalue weighted by molar-refractivity contribution is -0.111. The van der Waals surface area contributed by atoms with Gasteiger partial charge in [0.2, 0.25) is 15.9 Å². The third-order valence-electron chi connectivity index (χ3n) is 4.73. The number of benzene rings is 2. The highest BCUT2D eigenvalue weighted by molar-refractivity contribution is 7.89. The van der Waals surface area contributed by atoms with Crippen molar-refractivity contribution < 1.29 is 27.4 Å². The molecule has 1 amide bonds. The predicted molar refractivity (Wildman–Crippen MR) is 130 cm³/mol. The number of hydrogen-bond donors (Lipinski definition) is 1. The molecule has 0 radical (unpaired) electrons. The highest BCUT2D eigenvalue weighted by Crippen LogP contribution is 2.36. The molecule has 2 aromatic rings. The van der Waals surface area contributed by atoms with Crippen molar-refractivity contribution in [3.8, 4) is 17.2 Å². The number of hydrogen-bond acceptors (Lipinski definition) is 6. The maximum atomic E-state index is 12.8. The van der Waals surface area contributed by atoms with Crippen molar-refractivity contribution in [3.05, 3.63) is 47.0 Å². The Hall–Kier alpha value is -2.75. The van der Waals surface area contributed by atoms with Gasteiger partial charge in [-0.05, 0) is 48.9 Å². The number of amides is 1. The van der Waals surface area contributed by atoms with Gasteiger partial charge in [0.1, 0.15) is 5.75 Å². The fourth-order valence-electron chi connectivity index (χ4n) is 3.15. The monoisotopic (exact) mass is 496 g/mol. The van der Waals surface area contributed by atoms with Crippen LogP contribution in [0.3, 0.4) is 0 Å². The summed E-state index contributed by atoms with van der Waals surface area (Å²) in [5, 5.41) is 3.02. The number of nitrogens with zero attached hydrogens (tertiary/aromatic N) is 1. The molecule has 0 unspecified atom stereocenters. The van der Waals surface area contributed by atoms with Crippen LogP contribution in [-0.2, 0) is 14.8 Å². The second-order valence-corrected chi connectivity index (χ2v) is 9.09. The van der Waals surface area contributed by atoms with Crippen LogP contribution >= 0.6 is 11.6 Å². The highest BCUT2D eigenvalue weighted by Gasteiger charge is 2.23. The molecular formula is C23H29ClN2O6S. The Morgan fingerprint density at radius 2 is 1.76 bits per heavy atom. The third kappa shape index (κ3) is 6.40. The first-order valence-electron chi connectivity index (χ1n) is 10.4. The van der Waals surface area contributed by atoms with Crippen LogP contribution < -0.4 is 19.5 Å². The van der Waals surface area contributed by atoms with Crippen LogP contribution in [0, 0.1) is 0 Å². The van der Waals surface area contributed by atoms with Gasteiger partial charge in [0, 0.05) is 19.2 Å². The molecule has 10 heteroatoms. The van der Waals surface area contributed by atoms with E-state index in [0.717, 1.165) is 0 Å². The summed E-state index contributed by atoms with van der Waals surface area (Å²) >= 11 is 6.25. The Labute approximate surface area is 200 Å². The second-order valence-electron chi connectivity index (χ2n) is 6.74. The standard InChI is InChI=1S/C23H29ClN2O6S/c1-6-26(7-2)33(28,29)17-10-11-20(30-4)19(15-17)25-22(27)12-9-16-13-18(24)23(31-5)21(14-16)32-8-3/h9-15H,6-8H2,1-5H3,(H,25,27)/b12-9+. The number of carbonyl (C=O) groups excluding carboxylic acids is 1. The van der Waals surface area contributed by atoms with Crippen molar-refractivity contribution in [2.24, 2.45) is 0 Å². The normalized spacial score (nSPS) is 11.6. The molecule has 0 aliphatic heterocycles. The largest absolute Gasteiger partial charge is 0.495 e. The van der Waals surface area contributed by atoms with E-state index in [-0.39, 0.29) is 10.6 Å². The minimum absolute atomic E-state index is 0.0644. The molecule has 0 atom stereocenters. The number of anilines is 1. The van der Waals surface area contributed by atoms with Gasteiger partial charge in [-0.25, -0.2) is 8.42 Å². The van der Waals surface area contributed by atoms with E-state index in [4.69, 9.17) is 25.8 Å².